The number of nitrogen functional groups attached to an aromatic ring is 1. The van der Waals surface area contributed by atoms with Crippen molar-refractivity contribution in [2.45, 2.75) is 26.9 Å². The smallest absolute Gasteiger partial charge is 0.344 e. The lowest BCUT2D eigenvalue weighted by Crippen LogP contribution is -2.22. The van der Waals surface area contributed by atoms with Crippen molar-refractivity contribution in [3.63, 3.8) is 0 Å². The second-order valence-corrected chi connectivity index (χ2v) is 6.67. The average molecular weight is 386 g/mol. The number of nitriles is 2. The van der Waals surface area contributed by atoms with Crippen molar-refractivity contribution in [2.75, 3.05) is 5.73 Å². The fourth-order valence-corrected chi connectivity index (χ4v) is 3.26. The van der Waals surface area contributed by atoms with Crippen LogP contribution in [0.2, 0.25) is 0 Å². The van der Waals surface area contributed by atoms with Crippen LogP contribution in [0, 0.1) is 29.6 Å². The van der Waals surface area contributed by atoms with Crippen LogP contribution in [0.3, 0.4) is 0 Å². The molecule has 1 aliphatic rings. The summed E-state index contributed by atoms with van der Waals surface area (Å²) in [6.07, 6.45) is 0.947. The van der Waals surface area contributed by atoms with E-state index in [4.69, 9.17) is 15.6 Å². The number of hydrogen-bond donors (Lipinski definition) is 2. The maximum Gasteiger partial charge on any atom is 0.344 e. The third kappa shape index (κ3) is 3.42. The van der Waals surface area contributed by atoms with E-state index in [1.165, 1.54) is 6.92 Å². The molecule has 0 bridgehead atoms. The molecule has 144 valence electrons. The molecule has 1 aliphatic carbocycles. The van der Waals surface area contributed by atoms with E-state index in [-0.39, 0.29) is 5.82 Å². The second kappa shape index (κ2) is 7.49. The van der Waals surface area contributed by atoms with Crippen molar-refractivity contribution in [1.29, 1.82) is 10.5 Å². The lowest BCUT2D eigenvalue weighted by Gasteiger charge is -2.12. The monoisotopic (exact) mass is 386 g/mol. The molecule has 3 rings (SSSR count). The van der Waals surface area contributed by atoms with Gasteiger partial charge in [0.2, 0.25) is 0 Å². The quantitative estimate of drug-likeness (QED) is 0.821. The normalized spacial score (nSPS) is 14.9. The van der Waals surface area contributed by atoms with E-state index in [0.29, 0.717) is 28.1 Å². The summed E-state index contributed by atoms with van der Waals surface area (Å²) in [7, 11) is 0. The molecule has 0 aliphatic heterocycles. The number of nitrogens with zero attached hydrogens (tertiary/aromatic N) is 3. The number of carbonyl (C=O) groups is 1. The summed E-state index contributed by atoms with van der Waals surface area (Å²) in [6.45, 7) is 5.08. The molecule has 2 aromatic rings. The van der Waals surface area contributed by atoms with Crippen molar-refractivity contribution in [3.05, 3.63) is 57.8 Å². The van der Waals surface area contributed by atoms with Gasteiger partial charge in [-0.3, -0.25) is 0 Å². The number of carboxylic acid groups (broad SMARTS) is 1. The Bertz CT molecular complexity index is 1160. The minimum absolute atomic E-state index is 0.111. The highest BCUT2D eigenvalue weighted by Gasteiger charge is 2.29. The summed E-state index contributed by atoms with van der Waals surface area (Å²) in [5.74, 6) is -0.491. The lowest BCUT2D eigenvalue weighted by molar-refractivity contribution is -0.144. The molecule has 1 aromatic carbocycles. The first-order chi connectivity index (χ1) is 13.8. The van der Waals surface area contributed by atoms with Gasteiger partial charge in [0.25, 0.3) is 0 Å². The molecule has 0 fully saturated rings. The van der Waals surface area contributed by atoms with Crippen molar-refractivity contribution >= 4 is 29.0 Å². The maximum atomic E-state index is 10.9. The largest absolute Gasteiger partial charge is 0.479 e. The first kappa shape index (κ1) is 19.7. The third-order valence-corrected chi connectivity index (χ3v) is 4.84. The molecule has 0 spiro atoms. The number of rotatable bonds is 4. The Labute approximate surface area is 168 Å². The van der Waals surface area contributed by atoms with E-state index in [1.807, 2.05) is 13.0 Å². The predicted molar refractivity (Wildman–Crippen MR) is 108 cm³/mol. The zero-order valence-electron chi connectivity index (χ0n) is 16.1. The first-order valence-corrected chi connectivity index (χ1v) is 8.82. The van der Waals surface area contributed by atoms with Gasteiger partial charge in [-0.25, -0.2) is 9.78 Å². The molecule has 1 aromatic heterocycles. The Balaban J connectivity index is 2.07. The topological polar surface area (TPSA) is 133 Å². The van der Waals surface area contributed by atoms with Crippen molar-refractivity contribution in [2.24, 2.45) is 0 Å². The van der Waals surface area contributed by atoms with Crippen LogP contribution in [0.5, 0.6) is 5.75 Å². The van der Waals surface area contributed by atoms with Gasteiger partial charge in [-0.2, -0.15) is 10.5 Å². The highest BCUT2D eigenvalue weighted by Crippen LogP contribution is 2.44. The van der Waals surface area contributed by atoms with Crippen molar-refractivity contribution < 1.29 is 14.6 Å². The van der Waals surface area contributed by atoms with Crippen LogP contribution in [0.4, 0.5) is 5.82 Å². The average Bonchev–Trinajstić information content (AvgIpc) is 2.94. The van der Waals surface area contributed by atoms with Crippen LogP contribution >= 0.6 is 0 Å². The molecule has 29 heavy (non-hydrogen) atoms. The van der Waals surface area contributed by atoms with Gasteiger partial charge in [0.1, 0.15) is 23.7 Å². The van der Waals surface area contributed by atoms with Crippen LogP contribution in [-0.4, -0.2) is 22.2 Å². The van der Waals surface area contributed by atoms with Gasteiger partial charge in [0, 0.05) is 5.56 Å². The number of aromatic nitrogens is 1. The fraction of sp³-hybridized carbons (Fsp3) is 0.182. The van der Waals surface area contributed by atoms with Gasteiger partial charge in [0.15, 0.2) is 6.10 Å². The number of nitrogens with two attached hydrogens (primary N) is 1. The molecule has 1 heterocycles. The van der Waals surface area contributed by atoms with Crippen LogP contribution in [0.1, 0.15) is 41.8 Å². The molecule has 7 heteroatoms. The Hall–Kier alpha value is -4.10. The molecule has 0 saturated heterocycles. The number of aliphatic carboxylic acids is 1. The van der Waals surface area contributed by atoms with Crippen molar-refractivity contribution in [3.8, 4) is 17.9 Å². The number of ether oxygens (including phenoxy) is 1. The first-order valence-electron chi connectivity index (χ1n) is 8.82. The van der Waals surface area contributed by atoms with Crippen LogP contribution in [0.15, 0.2) is 29.8 Å². The summed E-state index contributed by atoms with van der Waals surface area (Å²) >= 11 is 0. The number of allylic oxidation sites excluding steroid dienone is 3. The number of benzene rings is 1. The predicted octanol–water partition coefficient (Wildman–Crippen LogP) is 3.55. The van der Waals surface area contributed by atoms with Gasteiger partial charge < -0.3 is 15.6 Å². The highest BCUT2D eigenvalue weighted by molar-refractivity contribution is 6.08. The minimum atomic E-state index is -1.04. The summed E-state index contributed by atoms with van der Waals surface area (Å²) in [5, 5.41) is 28.0. The molecule has 7 nitrogen and oxygen atoms in total. The van der Waals surface area contributed by atoms with E-state index in [1.54, 1.807) is 31.2 Å². The number of anilines is 1. The van der Waals surface area contributed by atoms with E-state index < -0.39 is 12.1 Å². The van der Waals surface area contributed by atoms with E-state index in [2.05, 4.69) is 17.1 Å². The summed E-state index contributed by atoms with van der Waals surface area (Å²) < 4.78 is 5.34. The molecule has 1 unspecified atom stereocenters. The number of pyridine rings is 1. The fourth-order valence-electron chi connectivity index (χ4n) is 3.26. The SMILES string of the molecule is CC1=C(C#N)c2nc(N)c(C#N)c(C)c2/C1=C\c1ccc(OC(C)C(=O)O)cc1. The minimum Gasteiger partial charge on any atom is -0.479 e. The van der Waals surface area contributed by atoms with Gasteiger partial charge in [-0.1, -0.05) is 12.1 Å². The molecule has 0 radical (unpaired) electrons. The van der Waals surface area contributed by atoms with E-state index in [0.717, 1.165) is 22.3 Å². The second-order valence-electron chi connectivity index (χ2n) is 6.67. The molecule has 0 saturated carbocycles. The van der Waals surface area contributed by atoms with E-state index >= 15 is 0 Å². The lowest BCUT2D eigenvalue weighted by atomic mass is 9.95. The molecule has 0 amide bonds. The third-order valence-electron chi connectivity index (χ3n) is 4.84. The Kier molecular flexibility index (Phi) is 5.08. The molecule has 1 atom stereocenters. The molecular formula is C22H18N4O3. The van der Waals surface area contributed by atoms with Gasteiger partial charge in [-0.05, 0) is 61.3 Å². The van der Waals surface area contributed by atoms with Crippen LogP contribution in [0.25, 0.3) is 17.2 Å². The maximum absolute atomic E-state index is 10.9. The molecular weight excluding hydrogens is 368 g/mol. The zero-order chi connectivity index (χ0) is 21.3. The van der Waals surface area contributed by atoms with Crippen LogP contribution < -0.4 is 10.5 Å². The zero-order valence-corrected chi connectivity index (χ0v) is 16.1. The highest BCUT2D eigenvalue weighted by atomic mass is 16.5. The van der Waals surface area contributed by atoms with Crippen molar-refractivity contribution in [1.82, 2.24) is 4.98 Å². The standard InChI is InChI=1S/C22H18N4O3/c1-11-16(8-14-4-6-15(7-5-14)29-13(3)22(27)28)19-12(2)18(10-24)21(25)26-20(19)17(11)9-23/h4-8,13H,1-3H3,(H2,25,26)(H,27,28)/b16-8-. The van der Waals surface area contributed by atoms with Gasteiger partial charge in [0.05, 0.1) is 16.8 Å². The van der Waals surface area contributed by atoms with E-state index in [9.17, 15) is 15.3 Å². The summed E-state index contributed by atoms with van der Waals surface area (Å²) in [5.41, 5.74) is 10.9. The Morgan fingerprint density at radius 1 is 1.24 bits per heavy atom. The number of carboxylic acids is 1. The van der Waals surface area contributed by atoms with Crippen LogP contribution in [-0.2, 0) is 4.79 Å². The number of fused-ring (bicyclic) bond motifs is 1. The van der Waals surface area contributed by atoms with Gasteiger partial charge >= 0.3 is 5.97 Å². The molecule has 3 N–H and O–H groups in total. The number of hydrogen-bond acceptors (Lipinski definition) is 6. The summed E-state index contributed by atoms with van der Waals surface area (Å²) in [6, 6.07) is 11.2. The Morgan fingerprint density at radius 2 is 1.90 bits per heavy atom. The summed E-state index contributed by atoms with van der Waals surface area (Å²) in [4.78, 5) is 15.2. The van der Waals surface area contributed by atoms with Gasteiger partial charge in [-0.15, -0.1) is 0 Å². The Morgan fingerprint density at radius 3 is 2.45 bits per heavy atom.